The Bertz CT molecular complexity index is 1460. The first-order chi connectivity index (χ1) is 24.2. The average molecular weight is 702 g/mol. The fourth-order valence-corrected chi connectivity index (χ4v) is 12.5. The molecule has 0 spiro atoms. The van der Waals surface area contributed by atoms with E-state index in [2.05, 4.69) is 69.7 Å². The Morgan fingerprint density at radius 3 is 2.33 bits per heavy atom. The molecule has 7 nitrogen and oxygen atoms in total. The topological polar surface area (TPSA) is 90.9 Å². The molecule has 1 aliphatic heterocycles. The molecular formula is C44H67N3O4. The summed E-state index contributed by atoms with van der Waals surface area (Å²) in [6.07, 6.45) is 14.8. The molecule has 8 unspecified atom stereocenters. The Labute approximate surface area is 308 Å². The number of amides is 2. The van der Waals surface area contributed by atoms with Crippen LogP contribution in [0.1, 0.15) is 128 Å². The summed E-state index contributed by atoms with van der Waals surface area (Å²) in [5, 5.41) is 16.4. The minimum Gasteiger partial charge on any atom is -0.478 e. The summed E-state index contributed by atoms with van der Waals surface area (Å²) < 4.78 is 5.49. The number of carboxylic acid groups (broad SMARTS) is 1. The molecule has 8 atom stereocenters. The zero-order chi connectivity index (χ0) is 36.6. The molecule has 282 valence electrons. The summed E-state index contributed by atoms with van der Waals surface area (Å²) in [4.78, 5) is 27.6. The number of carbonyl (C=O) groups is 2. The molecule has 6 rings (SSSR count). The van der Waals surface area contributed by atoms with E-state index in [0.29, 0.717) is 41.7 Å². The predicted octanol–water partition coefficient (Wildman–Crippen LogP) is 9.20. The molecule has 7 heteroatoms. The number of morpholine rings is 1. The number of ether oxygens (including phenoxy) is 1. The number of hydrogen-bond acceptors (Lipinski definition) is 4. The number of rotatable bonds is 8. The smallest absolute Gasteiger partial charge is 0.335 e. The lowest BCUT2D eigenvalue weighted by Crippen LogP contribution is -2.58. The van der Waals surface area contributed by atoms with Gasteiger partial charge in [0.05, 0.1) is 18.8 Å². The quantitative estimate of drug-likeness (QED) is 0.186. The van der Waals surface area contributed by atoms with Crippen LogP contribution in [0.5, 0.6) is 0 Å². The highest BCUT2D eigenvalue weighted by atomic mass is 16.5. The molecule has 1 aromatic carbocycles. The minimum atomic E-state index is -0.874. The van der Waals surface area contributed by atoms with Crippen LogP contribution in [0.2, 0.25) is 0 Å². The van der Waals surface area contributed by atoms with Crippen molar-refractivity contribution in [2.45, 2.75) is 118 Å². The highest BCUT2D eigenvalue weighted by Crippen LogP contribution is 2.68. The number of hydrogen-bond donors (Lipinski definition) is 3. The zero-order valence-corrected chi connectivity index (χ0v) is 32.6. The first-order valence-corrected chi connectivity index (χ1v) is 20.3. The largest absolute Gasteiger partial charge is 0.478 e. The van der Waals surface area contributed by atoms with Gasteiger partial charge in [0.25, 0.3) is 0 Å². The molecule has 0 aromatic heterocycles. The summed E-state index contributed by atoms with van der Waals surface area (Å²) in [7, 11) is 0. The van der Waals surface area contributed by atoms with Gasteiger partial charge >= 0.3 is 12.0 Å². The molecule has 1 aromatic rings. The van der Waals surface area contributed by atoms with Crippen LogP contribution in [0.3, 0.4) is 0 Å². The summed E-state index contributed by atoms with van der Waals surface area (Å²) in [5.41, 5.74) is 4.39. The van der Waals surface area contributed by atoms with Crippen LogP contribution < -0.4 is 10.6 Å². The Hall–Kier alpha value is -2.64. The standard InChI is InChI=1S/C44H67N3O4/c1-30(2)34-17-23-44(46-40(50)45-24-9-25-47-26-28-51-29-27-47)22-16-31(3)42(6)21-19-37-41(4,5)35(32-12-14-33(15-13-32)39(48)49)18-20-43(37,7)38(42)11-8-10-36(34)44/h12-15,18,31,34,36-38H,1,8-11,16-17,19-29H2,2-7H3,(H,48,49)(H2,45,46,50). The maximum Gasteiger partial charge on any atom is 0.335 e. The van der Waals surface area contributed by atoms with Gasteiger partial charge in [-0.05, 0) is 147 Å². The van der Waals surface area contributed by atoms with Crippen molar-refractivity contribution in [2.75, 3.05) is 39.4 Å². The van der Waals surface area contributed by atoms with Crippen molar-refractivity contribution in [2.24, 2.45) is 45.8 Å². The molecule has 4 aliphatic carbocycles. The first kappa shape index (κ1) is 38.1. The van der Waals surface area contributed by atoms with E-state index in [1.54, 1.807) is 12.1 Å². The summed E-state index contributed by atoms with van der Waals surface area (Å²) >= 11 is 0. The van der Waals surface area contributed by atoms with Gasteiger partial charge in [-0.15, -0.1) is 0 Å². The van der Waals surface area contributed by atoms with Crippen LogP contribution in [-0.4, -0.2) is 66.9 Å². The molecule has 3 saturated carbocycles. The number of carboxylic acids is 1. The number of aromatic carboxylic acids is 1. The number of fused-ring (bicyclic) bond motifs is 4. The lowest BCUT2D eigenvalue weighted by molar-refractivity contribution is -0.120. The van der Waals surface area contributed by atoms with E-state index in [1.165, 1.54) is 36.8 Å². The highest BCUT2D eigenvalue weighted by Gasteiger charge is 2.60. The second kappa shape index (κ2) is 15.0. The molecule has 4 fully saturated rings. The summed E-state index contributed by atoms with van der Waals surface area (Å²) in [5.74, 6) is 1.72. The van der Waals surface area contributed by atoms with Gasteiger partial charge in [-0.3, -0.25) is 4.90 Å². The molecular weight excluding hydrogens is 635 g/mol. The molecule has 2 amide bonds. The number of carbonyl (C=O) groups excluding carboxylic acids is 1. The lowest BCUT2D eigenvalue weighted by Gasteiger charge is -2.64. The number of nitrogens with one attached hydrogen (secondary N) is 2. The van der Waals surface area contributed by atoms with Gasteiger partial charge in [0.1, 0.15) is 0 Å². The normalized spacial score (nSPS) is 36.8. The van der Waals surface area contributed by atoms with Gasteiger partial charge in [0.2, 0.25) is 0 Å². The van der Waals surface area contributed by atoms with Crippen molar-refractivity contribution in [3.05, 3.63) is 53.6 Å². The van der Waals surface area contributed by atoms with Crippen molar-refractivity contribution in [1.82, 2.24) is 15.5 Å². The van der Waals surface area contributed by atoms with Gasteiger partial charge in [-0.1, -0.05) is 71.4 Å². The summed E-state index contributed by atoms with van der Waals surface area (Å²) in [6.45, 7) is 24.6. The third-order valence-corrected chi connectivity index (χ3v) is 15.4. The van der Waals surface area contributed by atoms with Crippen molar-refractivity contribution in [3.8, 4) is 0 Å². The minimum absolute atomic E-state index is 0.00999. The third-order valence-electron chi connectivity index (χ3n) is 15.4. The predicted molar refractivity (Wildman–Crippen MR) is 207 cm³/mol. The van der Waals surface area contributed by atoms with E-state index >= 15 is 0 Å². The SMILES string of the molecule is C=C(C)C1CCC2(NC(=O)NCCCN3CCOCC3)CCC(C)C3(C)CCC4C(C)(C)C(c5ccc(C(=O)O)cc5)=CCC4(C)C3CCCC12. The van der Waals surface area contributed by atoms with Crippen molar-refractivity contribution < 1.29 is 19.4 Å². The van der Waals surface area contributed by atoms with Crippen LogP contribution in [0.25, 0.3) is 5.57 Å². The second-order valence-corrected chi connectivity index (χ2v) is 18.4. The van der Waals surface area contributed by atoms with E-state index in [0.717, 1.165) is 83.4 Å². The van der Waals surface area contributed by atoms with Crippen LogP contribution in [-0.2, 0) is 4.74 Å². The van der Waals surface area contributed by atoms with E-state index in [9.17, 15) is 14.7 Å². The van der Waals surface area contributed by atoms with E-state index < -0.39 is 5.97 Å². The Kier molecular flexibility index (Phi) is 11.2. The average Bonchev–Trinajstić information content (AvgIpc) is 3.44. The Morgan fingerprint density at radius 1 is 0.941 bits per heavy atom. The van der Waals surface area contributed by atoms with Gasteiger partial charge in [0.15, 0.2) is 0 Å². The highest BCUT2D eigenvalue weighted by molar-refractivity contribution is 5.88. The maximum atomic E-state index is 13.6. The fourth-order valence-electron chi connectivity index (χ4n) is 12.5. The van der Waals surface area contributed by atoms with Crippen LogP contribution in [0.4, 0.5) is 4.79 Å². The molecule has 5 aliphatic rings. The number of allylic oxidation sites excluding steroid dienone is 3. The fraction of sp³-hybridized carbons (Fsp3) is 0.727. The zero-order valence-electron chi connectivity index (χ0n) is 32.6. The Morgan fingerprint density at radius 2 is 1.65 bits per heavy atom. The van der Waals surface area contributed by atoms with E-state index in [-0.39, 0.29) is 27.8 Å². The molecule has 0 radical (unpaired) electrons. The summed E-state index contributed by atoms with van der Waals surface area (Å²) in [6, 6.07) is 7.56. The lowest BCUT2D eigenvalue weighted by atomic mass is 9.40. The van der Waals surface area contributed by atoms with Crippen LogP contribution in [0, 0.1) is 45.8 Å². The number of urea groups is 1. The number of nitrogens with zero attached hydrogens (tertiary/aromatic N) is 1. The van der Waals surface area contributed by atoms with Crippen LogP contribution in [0.15, 0.2) is 42.5 Å². The van der Waals surface area contributed by atoms with E-state index in [1.807, 2.05) is 12.1 Å². The molecule has 0 bridgehead atoms. The van der Waals surface area contributed by atoms with E-state index in [4.69, 9.17) is 4.74 Å². The van der Waals surface area contributed by atoms with Gasteiger partial charge in [0, 0.05) is 25.2 Å². The van der Waals surface area contributed by atoms with Crippen LogP contribution >= 0.6 is 0 Å². The first-order valence-electron chi connectivity index (χ1n) is 20.3. The molecule has 51 heavy (non-hydrogen) atoms. The number of benzene rings is 1. The van der Waals surface area contributed by atoms with Gasteiger partial charge in [-0.25, -0.2) is 9.59 Å². The molecule has 1 saturated heterocycles. The third kappa shape index (κ3) is 7.32. The van der Waals surface area contributed by atoms with Crippen molar-refractivity contribution in [3.63, 3.8) is 0 Å². The monoisotopic (exact) mass is 702 g/mol. The van der Waals surface area contributed by atoms with Crippen molar-refractivity contribution >= 4 is 17.6 Å². The van der Waals surface area contributed by atoms with Gasteiger partial charge in [-0.2, -0.15) is 0 Å². The maximum absolute atomic E-state index is 13.6. The van der Waals surface area contributed by atoms with Crippen molar-refractivity contribution in [1.29, 1.82) is 0 Å². The molecule has 1 heterocycles. The Balaban J connectivity index is 1.20. The second-order valence-electron chi connectivity index (χ2n) is 18.4. The molecule has 3 N–H and O–H groups in total. The van der Waals surface area contributed by atoms with Gasteiger partial charge < -0.3 is 20.5 Å².